The van der Waals surface area contributed by atoms with Crippen LogP contribution in [0.4, 0.5) is 10.1 Å². The van der Waals surface area contributed by atoms with Gasteiger partial charge in [-0.1, -0.05) is 6.07 Å². The predicted octanol–water partition coefficient (Wildman–Crippen LogP) is 2.39. The molecule has 0 unspecified atom stereocenters. The van der Waals surface area contributed by atoms with Gasteiger partial charge in [0.05, 0.1) is 0 Å². The second-order valence-electron chi connectivity index (χ2n) is 6.31. The maximum Gasteiger partial charge on any atom is 0.320 e. The number of nitrogens with zero attached hydrogens (tertiary/aromatic N) is 2. The van der Waals surface area contributed by atoms with Crippen LogP contribution in [-0.4, -0.2) is 15.0 Å². The molecule has 0 fully saturated rings. The van der Waals surface area contributed by atoms with Crippen molar-refractivity contribution in [1.82, 2.24) is 9.13 Å². The molecule has 1 amide bonds. The van der Waals surface area contributed by atoms with Crippen LogP contribution < -0.4 is 16.4 Å². The van der Waals surface area contributed by atoms with E-state index in [1.807, 2.05) is 32.0 Å². The Morgan fingerprint density at radius 3 is 2.22 bits per heavy atom. The van der Waals surface area contributed by atoms with Crippen LogP contribution in [-0.2, 0) is 11.3 Å². The highest BCUT2D eigenvalue weighted by atomic mass is 19.1. The van der Waals surface area contributed by atoms with Crippen molar-refractivity contribution in [1.29, 1.82) is 0 Å². The molecule has 3 aromatic rings. The first-order valence-electron chi connectivity index (χ1n) is 8.30. The Balaban J connectivity index is 1.82. The topological polar surface area (TPSA) is 73.1 Å². The van der Waals surface area contributed by atoms with E-state index in [9.17, 15) is 18.8 Å². The fraction of sp³-hybridized carbons (Fsp3) is 0.150. The molecule has 2 aromatic carbocycles. The van der Waals surface area contributed by atoms with Crippen LogP contribution in [0, 0.1) is 19.7 Å². The molecule has 0 saturated carbocycles. The standard InChI is InChI=1S/C20H18FN3O3/c1-13-9-14(2)11-16(10-13)22-18(25)12-23-7-8-24(20(27)19(23)26)17-5-3-15(21)4-6-17/h3-11H,12H2,1-2H3,(H,22,25). The highest BCUT2D eigenvalue weighted by Crippen LogP contribution is 2.13. The largest absolute Gasteiger partial charge is 0.325 e. The zero-order valence-corrected chi connectivity index (χ0v) is 14.9. The summed E-state index contributed by atoms with van der Waals surface area (Å²) in [6.45, 7) is 3.55. The van der Waals surface area contributed by atoms with Crippen molar-refractivity contribution in [3.05, 3.63) is 92.5 Å². The number of anilines is 1. The van der Waals surface area contributed by atoms with Gasteiger partial charge in [0, 0.05) is 23.8 Å². The number of hydrogen-bond acceptors (Lipinski definition) is 3. The molecule has 0 aliphatic carbocycles. The molecule has 0 atom stereocenters. The lowest BCUT2D eigenvalue weighted by molar-refractivity contribution is -0.116. The molecule has 7 heteroatoms. The highest BCUT2D eigenvalue weighted by molar-refractivity contribution is 5.90. The van der Waals surface area contributed by atoms with Gasteiger partial charge < -0.3 is 5.32 Å². The molecule has 27 heavy (non-hydrogen) atoms. The zero-order chi connectivity index (χ0) is 19.6. The second kappa shape index (κ2) is 7.41. The summed E-state index contributed by atoms with van der Waals surface area (Å²) < 4.78 is 15.2. The molecule has 1 N–H and O–H groups in total. The Morgan fingerprint density at radius 2 is 1.59 bits per heavy atom. The van der Waals surface area contributed by atoms with E-state index in [1.54, 1.807) is 0 Å². The van der Waals surface area contributed by atoms with Crippen molar-refractivity contribution in [2.75, 3.05) is 5.32 Å². The Labute approximate surface area is 154 Å². The van der Waals surface area contributed by atoms with Gasteiger partial charge >= 0.3 is 11.1 Å². The zero-order valence-electron chi connectivity index (χ0n) is 14.9. The van der Waals surface area contributed by atoms with Crippen molar-refractivity contribution in [3.63, 3.8) is 0 Å². The number of nitrogens with one attached hydrogen (secondary N) is 1. The first kappa shape index (κ1) is 18.3. The molecule has 0 saturated heterocycles. The average molecular weight is 367 g/mol. The van der Waals surface area contributed by atoms with Gasteiger partial charge in [-0.15, -0.1) is 0 Å². The third-order valence-corrected chi connectivity index (χ3v) is 3.98. The predicted molar refractivity (Wildman–Crippen MR) is 101 cm³/mol. The SMILES string of the molecule is Cc1cc(C)cc(NC(=O)Cn2ccn(-c3ccc(F)cc3)c(=O)c2=O)c1. The molecule has 1 heterocycles. The van der Waals surface area contributed by atoms with Gasteiger partial charge in [-0.25, -0.2) is 4.39 Å². The van der Waals surface area contributed by atoms with E-state index >= 15 is 0 Å². The molecule has 0 aliphatic rings. The number of rotatable bonds is 4. The van der Waals surface area contributed by atoms with E-state index in [0.29, 0.717) is 11.4 Å². The lowest BCUT2D eigenvalue weighted by Crippen LogP contribution is -2.41. The van der Waals surface area contributed by atoms with E-state index in [2.05, 4.69) is 5.32 Å². The van der Waals surface area contributed by atoms with Crippen LogP contribution >= 0.6 is 0 Å². The normalized spacial score (nSPS) is 10.6. The minimum absolute atomic E-state index is 0.286. The van der Waals surface area contributed by atoms with E-state index in [0.717, 1.165) is 20.3 Å². The fourth-order valence-electron chi connectivity index (χ4n) is 2.84. The van der Waals surface area contributed by atoms with Crippen LogP contribution in [0.15, 0.2) is 64.4 Å². The molecular formula is C20H18FN3O3. The molecule has 0 spiro atoms. The number of aromatic nitrogens is 2. The van der Waals surface area contributed by atoms with Gasteiger partial charge in [0.25, 0.3) is 0 Å². The van der Waals surface area contributed by atoms with E-state index in [-0.39, 0.29) is 6.54 Å². The Kier molecular flexibility index (Phi) is 5.03. The van der Waals surface area contributed by atoms with Crippen molar-refractivity contribution in [2.24, 2.45) is 0 Å². The quantitative estimate of drug-likeness (QED) is 0.720. The van der Waals surface area contributed by atoms with Crippen molar-refractivity contribution < 1.29 is 9.18 Å². The first-order valence-corrected chi connectivity index (χ1v) is 8.30. The van der Waals surface area contributed by atoms with Crippen LogP contribution in [0.3, 0.4) is 0 Å². The second-order valence-corrected chi connectivity index (χ2v) is 6.31. The summed E-state index contributed by atoms with van der Waals surface area (Å²) in [4.78, 5) is 36.8. The number of carbonyl (C=O) groups is 1. The fourth-order valence-corrected chi connectivity index (χ4v) is 2.84. The van der Waals surface area contributed by atoms with Gasteiger partial charge in [0.15, 0.2) is 0 Å². The highest BCUT2D eigenvalue weighted by Gasteiger charge is 2.10. The molecule has 3 rings (SSSR count). The van der Waals surface area contributed by atoms with Gasteiger partial charge in [-0.05, 0) is 61.4 Å². The number of aryl methyl sites for hydroxylation is 2. The Bertz CT molecular complexity index is 1090. The number of carbonyl (C=O) groups excluding carboxylic acids is 1. The number of halogens is 1. The molecule has 6 nitrogen and oxygen atoms in total. The van der Waals surface area contributed by atoms with Gasteiger partial charge in [-0.2, -0.15) is 0 Å². The lowest BCUT2D eigenvalue weighted by Gasteiger charge is -2.10. The molecule has 0 bridgehead atoms. The molecule has 0 radical (unpaired) electrons. The van der Waals surface area contributed by atoms with Gasteiger partial charge in [-0.3, -0.25) is 23.5 Å². The maximum absolute atomic E-state index is 13.0. The number of hydrogen-bond donors (Lipinski definition) is 1. The van der Waals surface area contributed by atoms with Crippen LogP contribution in [0.25, 0.3) is 5.69 Å². The molecule has 1 aromatic heterocycles. The molecule has 0 aliphatic heterocycles. The summed E-state index contributed by atoms with van der Waals surface area (Å²) in [6.07, 6.45) is 2.73. The summed E-state index contributed by atoms with van der Waals surface area (Å²) in [5.41, 5.74) is 1.35. The van der Waals surface area contributed by atoms with Crippen LogP contribution in [0.1, 0.15) is 11.1 Å². The summed E-state index contributed by atoms with van der Waals surface area (Å²) in [5.74, 6) is -0.857. The van der Waals surface area contributed by atoms with E-state index in [4.69, 9.17) is 0 Å². The van der Waals surface area contributed by atoms with Gasteiger partial charge in [0.2, 0.25) is 5.91 Å². The minimum Gasteiger partial charge on any atom is -0.325 e. The smallest absolute Gasteiger partial charge is 0.320 e. The summed E-state index contributed by atoms with van der Waals surface area (Å²) >= 11 is 0. The van der Waals surface area contributed by atoms with Crippen LogP contribution in [0.2, 0.25) is 0 Å². The monoisotopic (exact) mass is 367 g/mol. The van der Waals surface area contributed by atoms with E-state index in [1.165, 1.54) is 36.7 Å². The third kappa shape index (κ3) is 4.20. The third-order valence-electron chi connectivity index (χ3n) is 3.98. The lowest BCUT2D eigenvalue weighted by atomic mass is 10.1. The van der Waals surface area contributed by atoms with Crippen molar-refractivity contribution in [2.45, 2.75) is 20.4 Å². The molecule has 138 valence electrons. The van der Waals surface area contributed by atoms with Gasteiger partial charge in [0.1, 0.15) is 12.4 Å². The number of benzene rings is 2. The van der Waals surface area contributed by atoms with Crippen LogP contribution in [0.5, 0.6) is 0 Å². The summed E-state index contributed by atoms with van der Waals surface area (Å²) in [7, 11) is 0. The minimum atomic E-state index is -0.836. The Hall–Kier alpha value is -3.48. The van der Waals surface area contributed by atoms with Crippen molar-refractivity contribution in [3.8, 4) is 5.69 Å². The maximum atomic E-state index is 13.0. The summed E-state index contributed by atoms with van der Waals surface area (Å²) in [6, 6.07) is 10.8. The first-order chi connectivity index (χ1) is 12.8. The average Bonchev–Trinajstić information content (AvgIpc) is 2.59. The van der Waals surface area contributed by atoms with Crippen molar-refractivity contribution >= 4 is 11.6 Å². The molecular weight excluding hydrogens is 349 g/mol. The Morgan fingerprint density at radius 1 is 0.963 bits per heavy atom. The van der Waals surface area contributed by atoms with E-state index < -0.39 is 22.8 Å². The summed E-state index contributed by atoms with van der Waals surface area (Å²) in [5, 5.41) is 2.72. The number of amides is 1.